The third kappa shape index (κ3) is 4.01. The molecule has 0 aliphatic heterocycles. The monoisotopic (exact) mass is 211 g/mol. The minimum atomic E-state index is 0.357. The van der Waals surface area contributed by atoms with Gasteiger partial charge in [-0.3, -0.25) is 0 Å². The Morgan fingerprint density at radius 3 is 2.93 bits per heavy atom. The Morgan fingerprint density at radius 2 is 2.40 bits per heavy atom. The van der Waals surface area contributed by atoms with E-state index in [0.29, 0.717) is 6.04 Å². The highest BCUT2D eigenvalue weighted by molar-refractivity contribution is 4.94. The van der Waals surface area contributed by atoms with E-state index in [0.717, 1.165) is 31.8 Å². The van der Waals surface area contributed by atoms with Gasteiger partial charge < -0.3 is 14.6 Å². The van der Waals surface area contributed by atoms with Crippen molar-refractivity contribution < 1.29 is 4.74 Å². The minimum absolute atomic E-state index is 0.357. The van der Waals surface area contributed by atoms with Crippen molar-refractivity contribution in [2.24, 2.45) is 7.05 Å². The molecule has 0 radical (unpaired) electrons. The summed E-state index contributed by atoms with van der Waals surface area (Å²) in [7, 11) is 3.76. The number of rotatable bonds is 7. The number of nitrogens with zero attached hydrogens (tertiary/aromatic N) is 2. The van der Waals surface area contributed by atoms with Gasteiger partial charge in [-0.1, -0.05) is 6.92 Å². The second-order valence-electron chi connectivity index (χ2n) is 3.76. The van der Waals surface area contributed by atoms with Crippen LogP contribution in [0.2, 0.25) is 0 Å². The van der Waals surface area contributed by atoms with Crippen LogP contribution in [-0.2, 0) is 18.2 Å². The Labute approximate surface area is 91.7 Å². The maximum Gasteiger partial charge on any atom is 0.110 e. The van der Waals surface area contributed by atoms with Crippen molar-refractivity contribution in [3.63, 3.8) is 0 Å². The molecule has 0 aliphatic rings. The van der Waals surface area contributed by atoms with Crippen molar-refractivity contribution in [1.29, 1.82) is 0 Å². The number of hydrogen-bond acceptors (Lipinski definition) is 3. The summed E-state index contributed by atoms with van der Waals surface area (Å²) in [6.07, 6.45) is 5.86. The molecule has 0 aromatic carbocycles. The minimum Gasteiger partial charge on any atom is -0.383 e. The highest BCUT2D eigenvalue weighted by Crippen LogP contribution is 2.00. The maximum absolute atomic E-state index is 5.19. The van der Waals surface area contributed by atoms with E-state index < -0.39 is 0 Å². The molecule has 0 amide bonds. The van der Waals surface area contributed by atoms with Crippen LogP contribution in [0.25, 0.3) is 0 Å². The first-order valence-corrected chi connectivity index (χ1v) is 5.46. The number of nitrogens with one attached hydrogen (secondary N) is 1. The lowest BCUT2D eigenvalue weighted by molar-refractivity contribution is 0.165. The van der Waals surface area contributed by atoms with E-state index in [4.69, 9.17) is 4.74 Å². The van der Waals surface area contributed by atoms with Crippen molar-refractivity contribution in [1.82, 2.24) is 14.9 Å². The number of aromatic nitrogens is 2. The van der Waals surface area contributed by atoms with Crippen molar-refractivity contribution in [2.75, 3.05) is 20.3 Å². The zero-order chi connectivity index (χ0) is 11.1. The van der Waals surface area contributed by atoms with E-state index >= 15 is 0 Å². The van der Waals surface area contributed by atoms with Gasteiger partial charge in [0, 0.05) is 39.0 Å². The van der Waals surface area contributed by atoms with Gasteiger partial charge in [-0.25, -0.2) is 4.98 Å². The van der Waals surface area contributed by atoms with Crippen LogP contribution >= 0.6 is 0 Å². The maximum atomic E-state index is 5.19. The Morgan fingerprint density at radius 1 is 1.60 bits per heavy atom. The number of methoxy groups -OCH3 is 1. The number of imidazole rings is 1. The molecular weight excluding hydrogens is 190 g/mol. The number of hydrogen-bond donors (Lipinski definition) is 1. The van der Waals surface area contributed by atoms with Crippen LogP contribution in [0.3, 0.4) is 0 Å². The molecule has 0 fully saturated rings. The summed E-state index contributed by atoms with van der Waals surface area (Å²) in [5.74, 6) is 1.10. The third-order valence-corrected chi connectivity index (χ3v) is 2.40. The average Bonchev–Trinajstić information content (AvgIpc) is 2.61. The molecule has 4 heteroatoms. The molecule has 1 aromatic rings. The van der Waals surface area contributed by atoms with Gasteiger partial charge in [-0.05, 0) is 13.0 Å². The Hall–Kier alpha value is -0.870. The molecule has 0 bridgehead atoms. The van der Waals surface area contributed by atoms with Gasteiger partial charge in [0.2, 0.25) is 0 Å². The van der Waals surface area contributed by atoms with E-state index in [1.807, 2.05) is 19.4 Å². The van der Waals surface area contributed by atoms with Crippen molar-refractivity contribution in [2.45, 2.75) is 25.8 Å². The van der Waals surface area contributed by atoms with Gasteiger partial charge in [-0.15, -0.1) is 0 Å². The van der Waals surface area contributed by atoms with Crippen LogP contribution in [0.1, 0.15) is 19.2 Å². The first-order valence-electron chi connectivity index (χ1n) is 5.46. The largest absolute Gasteiger partial charge is 0.383 e. The van der Waals surface area contributed by atoms with Crippen LogP contribution in [0, 0.1) is 0 Å². The molecular formula is C11H21N3O. The molecule has 1 unspecified atom stereocenters. The fourth-order valence-electron chi connectivity index (χ4n) is 1.55. The average molecular weight is 211 g/mol. The van der Waals surface area contributed by atoms with Crippen LogP contribution in [-0.4, -0.2) is 35.9 Å². The lowest BCUT2D eigenvalue weighted by Gasteiger charge is -2.17. The van der Waals surface area contributed by atoms with Gasteiger partial charge in [0.1, 0.15) is 5.82 Å². The van der Waals surface area contributed by atoms with E-state index in [2.05, 4.69) is 21.8 Å². The predicted molar refractivity (Wildman–Crippen MR) is 60.9 cm³/mol. The predicted octanol–water partition coefficient (Wildman–Crippen LogP) is 0.977. The van der Waals surface area contributed by atoms with Crippen LogP contribution in [0.4, 0.5) is 0 Å². The van der Waals surface area contributed by atoms with Gasteiger partial charge in [0.15, 0.2) is 0 Å². The zero-order valence-electron chi connectivity index (χ0n) is 9.86. The summed E-state index contributed by atoms with van der Waals surface area (Å²) in [6, 6.07) is 0.357. The normalized spacial score (nSPS) is 13.0. The Balaban J connectivity index is 2.46. The van der Waals surface area contributed by atoms with Crippen LogP contribution in [0.5, 0.6) is 0 Å². The second-order valence-corrected chi connectivity index (χ2v) is 3.76. The van der Waals surface area contributed by atoms with Gasteiger partial charge in [0.05, 0.1) is 6.61 Å². The topological polar surface area (TPSA) is 39.1 Å². The van der Waals surface area contributed by atoms with Gasteiger partial charge in [0.25, 0.3) is 0 Å². The summed E-state index contributed by atoms with van der Waals surface area (Å²) in [5.41, 5.74) is 0. The Bertz CT molecular complexity index is 273. The standard InChI is InChI=1S/C11H21N3O/c1-4-5-12-10(9-15-3)8-11-13-6-7-14(11)2/h6-7,10,12H,4-5,8-9H2,1-3H3. The van der Waals surface area contributed by atoms with E-state index in [9.17, 15) is 0 Å². The fraction of sp³-hybridized carbons (Fsp3) is 0.727. The third-order valence-electron chi connectivity index (χ3n) is 2.40. The van der Waals surface area contributed by atoms with Crippen LogP contribution < -0.4 is 5.32 Å². The summed E-state index contributed by atoms with van der Waals surface area (Å²) >= 11 is 0. The molecule has 15 heavy (non-hydrogen) atoms. The van der Waals surface area contributed by atoms with E-state index in [1.54, 1.807) is 7.11 Å². The molecule has 0 saturated heterocycles. The molecule has 86 valence electrons. The van der Waals surface area contributed by atoms with E-state index in [-0.39, 0.29) is 0 Å². The Kier molecular flexibility index (Phi) is 5.36. The van der Waals surface area contributed by atoms with Crippen molar-refractivity contribution in [3.8, 4) is 0 Å². The molecule has 1 heterocycles. The first kappa shape index (κ1) is 12.2. The molecule has 0 spiro atoms. The second kappa shape index (κ2) is 6.58. The zero-order valence-corrected chi connectivity index (χ0v) is 9.86. The molecule has 1 atom stereocenters. The molecule has 1 rings (SSSR count). The smallest absolute Gasteiger partial charge is 0.110 e. The summed E-state index contributed by atoms with van der Waals surface area (Å²) in [5, 5.41) is 3.46. The van der Waals surface area contributed by atoms with Crippen molar-refractivity contribution >= 4 is 0 Å². The molecule has 0 aliphatic carbocycles. The fourth-order valence-corrected chi connectivity index (χ4v) is 1.55. The lowest BCUT2D eigenvalue weighted by atomic mass is 10.2. The SMILES string of the molecule is CCCNC(COC)Cc1nccn1C. The van der Waals surface area contributed by atoms with Gasteiger partial charge >= 0.3 is 0 Å². The lowest BCUT2D eigenvalue weighted by Crippen LogP contribution is -2.36. The van der Waals surface area contributed by atoms with Gasteiger partial charge in [-0.2, -0.15) is 0 Å². The molecule has 1 N–H and O–H groups in total. The molecule has 0 saturated carbocycles. The first-order chi connectivity index (χ1) is 7.27. The summed E-state index contributed by atoms with van der Waals surface area (Å²) in [4.78, 5) is 4.31. The number of ether oxygens (including phenoxy) is 1. The van der Waals surface area contributed by atoms with E-state index in [1.165, 1.54) is 0 Å². The quantitative estimate of drug-likeness (QED) is 0.730. The molecule has 1 aromatic heterocycles. The van der Waals surface area contributed by atoms with Crippen molar-refractivity contribution in [3.05, 3.63) is 18.2 Å². The summed E-state index contributed by atoms with van der Waals surface area (Å²) < 4.78 is 7.24. The highest BCUT2D eigenvalue weighted by atomic mass is 16.5. The van der Waals surface area contributed by atoms with Crippen LogP contribution in [0.15, 0.2) is 12.4 Å². The molecule has 4 nitrogen and oxygen atoms in total. The highest BCUT2D eigenvalue weighted by Gasteiger charge is 2.10. The number of aryl methyl sites for hydroxylation is 1. The summed E-state index contributed by atoms with van der Waals surface area (Å²) in [6.45, 7) is 3.92.